The fourth-order valence-corrected chi connectivity index (χ4v) is 3.25. The van der Waals surface area contributed by atoms with E-state index in [-0.39, 0.29) is 12.1 Å². The van der Waals surface area contributed by atoms with E-state index < -0.39 is 6.29 Å². The highest BCUT2D eigenvalue weighted by atomic mass is 16.3. The molecule has 1 aromatic heterocycles. The maximum Gasteiger partial charge on any atom is 0.173 e. The molecule has 0 radical (unpaired) electrons. The maximum atomic E-state index is 9.69. The molecule has 0 bridgehead atoms. The minimum Gasteiger partial charge on any atom is -0.393 e. The summed E-state index contributed by atoms with van der Waals surface area (Å²) in [6, 6.07) is 8.28. The number of fused-ring (bicyclic) bond motifs is 1. The van der Waals surface area contributed by atoms with E-state index in [1.807, 2.05) is 24.3 Å². The number of anilines is 1. The van der Waals surface area contributed by atoms with E-state index in [2.05, 4.69) is 25.8 Å². The number of rotatable bonds is 2. The minimum atomic E-state index is -0.478. The Balaban J connectivity index is 1.62. The molecule has 120 valence electrons. The third kappa shape index (κ3) is 2.80. The average molecular weight is 312 g/mol. The fraction of sp³-hybridized carbons (Fsp3) is 0.375. The van der Waals surface area contributed by atoms with Gasteiger partial charge in [-0.05, 0) is 37.5 Å². The Hall–Kier alpha value is -2.38. The standard InChI is InChI=1S/C16H20N6O/c17-16-20-14-7-9(13-5-6-18-22-13)1-4-12(14)15(21-16)19-10-2-3-11(23)8-10/h1,4-7,10-11,16,20,23H,2-3,8,17H2,(H,18,22)(H,19,21)/t10-,11+,16?/m0/s1. The summed E-state index contributed by atoms with van der Waals surface area (Å²) in [5, 5.41) is 23.3. The first-order chi connectivity index (χ1) is 11.2. The van der Waals surface area contributed by atoms with Gasteiger partial charge in [0.25, 0.3) is 0 Å². The van der Waals surface area contributed by atoms with Gasteiger partial charge in [0.1, 0.15) is 5.84 Å². The Bertz CT molecular complexity index is 726. The van der Waals surface area contributed by atoms with Crippen molar-refractivity contribution in [1.82, 2.24) is 15.5 Å². The second-order valence-corrected chi connectivity index (χ2v) is 6.11. The summed E-state index contributed by atoms with van der Waals surface area (Å²) < 4.78 is 0. The minimum absolute atomic E-state index is 0.217. The Kier molecular flexibility index (Phi) is 3.51. The summed E-state index contributed by atoms with van der Waals surface area (Å²) in [4.78, 5) is 4.47. The summed E-state index contributed by atoms with van der Waals surface area (Å²) in [6.45, 7) is 0. The van der Waals surface area contributed by atoms with Crippen LogP contribution in [0, 0.1) is 0 Å². The molecule has 1 aliphatic carbocycles. The second-order valence-electron chi connectivity index (χ2n) is 6.11. The molecule has 0 amide bonds. The summed E-state index contributed by atoms with van der Waals surface area (Å²) >= 11 is 0. The van der Waals surface area contributed by atoms with Crippen molar-refractivity contribution in [2.45, 2.75) is 37.7 Å². The summed E-state index contributed by atoms with van der Waals surface area (Å²) in [5.74, 6) is 0.793. The van der Waals surface area contributed by atoms with Gasteiger partial charge in [-0.1, -0.05) is 6.07 Å². The highest BCUT2D eigenvalue weighted by Gasteiger charge is 2.26. The first-order valence-corrected chi connectivity index (χ1v) is 7.88. The Morgan fingerprint density at radius 2 is 2.17 bits per heavy atom. The molecule has 2 aromatic rings. The lowest BCUT2D eigenvalue weighted by Crippen LogP contribution is -2.41. The van der Waals surface area contributed by atoms with Crippen LogP contribution < -0.4 is 16.4 Å². The molecule has 1 fully saturated rings. The summed E-state index contributed by atoms with van der Waals surface area (Å²) in [5.41, 5.74) is 9.94. The molecule has 1 aromatic carbocycles. The van der Waals surface area contributed by atoms with Crippen LogP contribution in [0.25, 0.3) is 11.3 Å². The highest BCUT2D eigenvalue weighted by molar-refractivity contribution is 6.05. The van der Waals surface area contributed by atoms with Crippen molar-refractivity contribution in [2.75, 3.05) is 5.32 Å². The number of hydrogen-bond acceptors (Lipinski definition) is 6. The van der Waals surface area contributed by atoms with Crippen molar-refractivity contribution < 1.29 is 5.11 Å². The van der Waals surface area contributed by atoms with Crippen molar-refractivity contribution in [3.05, 3.63) is 36.0 Å². The van der Waals surface area contributed by atoms with Crippen LogP contribution in [0.5, 0.6) is 0 Å². The number of aromatic nitrogens is 2. The highest BCUT2D eigenvalue weighted by Crippen LogP contribution is 2.28. The monoisotopic (exact) mass is 312 g/mol. The number of aliphatic imine (C=N–C) groups is 1. The number of aliphatic hydroxyl groups is 1. The van der Waals surface area contributed by atoms with Gasteiger partial charge in [0.05, 0.1) is 11.8 Å². The summed E-state index contributed by atoms with van der Waals surface area (Å²) in [6.07, 6.45) is 3.57. The van der Waals surface area contributed by atoms with Crippen LogP contribution in [0.3, 0.4) is 0 Å². The molecule has 6 N–H and O–H groups in total. The third-order valence-electron chi connectivity index (χ3n) is 4.40. The lowest BCUT2D eigenvalue weighted by molar-refractivity contribution is 0.180. The van der Waals surface area contributed by atoms with Crippen LogP contribution in [0.2, 0.25) is 0 Å². The van der Waals surface area contributed by atoms with Gasteiger partial charge < -0.3 is 15.7 Å². The molecule has 3 atom stereocenters. The molecule has 23 heavy (non-hydrogen) atoms. The Morgan fingerprint density at radius 1 is 1.26 bits per heavy atom. The molecule has 1 aliphatic heterocycles. The van der Waals surface area contributed by atoms with E-state index in [1.165, 1.54) is 0 Å². The zero-order valence-corrected chi connectivity index (χ0v) is 12.7. The van der Waals surface area contributed by atoms with E-state index in [0.717, 1.165) is 47.6 Å². The van der Waals surface area contributed by atoms with Gasteiger partial charge in [-0.15, -0.1) is 0 Å². The molecular weight excluding hydrogens is 292 g/mol. The molecule has 7 nitrogen and oxygen atoms in total. The molecule has 2 heterocycles. The van der Waals surface area contributed by atoms with E-state index in [0.29, 0.717) is 0 Å². The van der Waals surface area contributed by atoms with Crippen LogP contribution in [-0.4, -0.2) is 39.6 Å². The first-order valence-electron chi connectivity index (χ1n) is 7.88. The number of hydrogen-bond donors (Lipinski definition) is 5. The SMILES string of the molecule is NC1N=C(N[C@H]2CC[C@@H](O)C2)c2ccc(-c3ccn[nH]3)cc2N1. The van der Waals surface area contributed by atoms with Gasteiger partial charge in [0.2, 0.25) is 0 Å². The van der Waals surface area contributed by atoms with E-state index in [1.54, 1.807) is 6.20 Å². The van der Waals surface area contributed by atoms with Crippen LogP contribution in [0.4, 0.5) is 5.69 Å². The molecule has 1 unspecified atom stereocenters. The number of aliphatic hydroxyl groups excluding tert-OH is 1. The largest absolute Gasteiger partial charge is 0.393 e. The van der Waals surface area contributed by atoms with Crippen molar-refractivity contribution in [1.29, 1.82) is 0 Å². The van der Waals surface area contributed by atoms with Crippen LogP contribution in [0.1, 0.15) is 24.8 Å². The molecule has 2 aliphatic rings. The van der Waals surface area contributed by atoms with Crippen molar-refractivity contribution in [3.8, 4) is 11.3 Å². The van der Waals surface area contributed by atoms with Crippen molar-refractivity contribution >= 4 is 11.5 Å². The molecule has 4 rings (SSSR count). The van der Waals surface area contributed by atoms with Gasteiger partial charge >= 0.3 is 0 Å². The predicted molar refractivity (Wildman–Crippen MR) is 88.9 cm³/mol. The van der Waals surface area contributed by atoms with E-state index in [9.17, 15) is 5.11 Å². The predicted octanol–water partition coefficient (Wildman–Crippen LogP) is 0.994. The van der Waals surface area contributed by atoms with Crippen LogP contribution in [0.15, 0.2) is 35.5 Å². The number of benzene rings is 1. The number of aromatic amines is 1. The second kappa shape index (κ2) is 5.68. The molecular formula is C16H20N6O. The van der Waals surface area contributed by atoms with E-state index >= 15 is 0 Å². The maximum absolute atomic E-state index is 9.69. The van der Waals surface area contributed by atoms with Gasteiger partial charge in [-0.3, -0.25) is 10.8 Å². The molecule has 0 saturated heterocycles. The quantitative estimate of drug-likeness (QED) is 0.568. The fourth-order valence-electron chi connectivity index (χ4n) is 3.25. The Labute approximate surface area is 134 Å². The number of nitrogens with two attached hydrogens (primary N) is 1. The van der Waals surface area contributed by atoms with Gasteiger partial charge in [0, 0.05) is 29.1 Å². The molecule has 1 saturated carbocycles. The third-order valence-corrected chi connectivity index (χ3v) is 4.40. The zero-order chi connectivity index (χ0) is 15.8. The first kappa shape index (κ1) is 14.2. The zero-order valence-electron chi connectivity index (χ0n) is 12.7. The van der Waals surface area contributed by atoms with Gasteiger partial charge in [0.15, 0.2) is 6.29 Å². The lowest BCUT2D eigenvalue weighted by Gasteiger charge is -2.26. The number of nitrogens with one attached hydrogen (secondary N) is 3. The number of H-pyrrole nitrogens is 1. The number of nitrogens with zero attached hydrogens (tertiary/aromatic N) is 2. The van der Waals surface area contributed by atoms with Crippen molar-refractivity contribution in [3.63, 3.8) is 0 Å². The van der Waals surface area contributed by atoms with Gasteiger partial charge in [-0.25, -0.2) is 4.99 Å². The number of amidine groups is 1. The Morgan fingerprint density at radius 3 is 2.91 bits per heavy atom. The van der Waals surface area contributed by atoms with Crippen LogP contribution >= 0.6 is 0 Å². The normalized spacial score (nSPS) is 26.3. The van der Waals surface area contributed by atoms with Crippen molar-refractivity contribution in [2.24, 2.45) is 10.7 Å². The topological polar surface area (TPSA) is 111 Å². The van der Waals surface area contributed by atoms with Gasteiger partial charge in [-0.2, -0.15) is 5.10 Å². The van der Waals surface area contributed by atoms with Crippen LogP contribution in [-0.2, 0) is 0 Å². The smallest absolute Gasteiger partial charge is 0.173 e. The molecule has 7 heteroatoms. The molecule has 0 spiro atoms. The summed E-state index contributed by atoms with van der Waals surface area (Å²) in [7, 11) is 0. The van der Waals surface area contributed by atoms with E-state index in [4.69, 9.17) is 5.73 Å². The average Bonchev–Trinajstić information content (AvgIpc) is 3.18. The lowest BCUT2D eigenvalue weighted by atomic mass is 10.0.